The molecular weight excluding hydrogens is 318 g/mol. The molecule has 0 aliphatic rings. The molecule has 0 amide bonds. The van der Waals surface area contributed by atoms with Crippen molar-refractivity contribution in [2.45, 2.75) is 39.3 Å². The van der Waals surface area contributed by atoms with Crippen molar-refractivity contribution in [2.24, 2.45) is 5.73 Å². The van der Waals surface area contributed by atoms with Crippen molar-refractivity contribution < 1.29 is 4.74 Å². The number of nitrogens with zero attached hydrogens (tertiary/aromatic N) is 2. The number of aromatic nitrogens is 2. The highest BCUT2D eigenvalue weighted by molar-refractivity contribution is 9.10. The van der Waals surface area contributed by atoms with E-state index in [0.717, 1.165) is 35.4 Å². The van der Waals surface area contributed by atoms with E-state index in [1.165, 1.54) is 5.56 Å². The van der Waals surface area contributed by atoms with Crippen LogP contribution >= 0.6 is 15.9 Å². The molecule has 1 heterocycles. The zero-order valence-electron chi connectivity index (χ0n) is 11.8. The Morgan fingerprint density at radius 2 is 2.20 bits per heavy atom. The maximum absolute atomic E-state index is 5.98. The third kappa shape index (κ3) is 3.84. The summed E-state index contributed by atoms with van der Waals surface area (Å²) in [6.45, 7) is 4.97. The van der Waals surface area contributed by atoms with E-state index in [4.69, 9.17) is 10.5 Å². The first-order valence-corrected chi connectivity index (χ1v) is 7.66. The SMILES string of the molecule is CCC(N)Cc1ccc(Oc2cnn(CC)c2)c(Br)c1. The largest absolute Gasteiger partial charge is 0.453 e. The molecular formula is C15H20BrN3O. The lowest BCUT2D eigenvalue weighted by molar-refractivity contribution is 0.478. The van der Waals surface area contributed by atoms with Crippen LogP contribution in [-0.2, 0) is 13.0 Å². The highest BCUT2D eigenvalue weighted by Gasteiger charge is 2.08. The van der Waals surface area contributed by atoms with Gasteiger partial charge >= 0.3 is 0 Å². The average Bonchev–Trinajstić information content (AvgIpc) is 2.89. The molecule has 0 fully saturated rings. The van der Waals surface area contributed by atoms with E-state index in [1.807, 2.05) is 23.9 Å². The molecule has 1 aromatic carbocycles. The smallest absolute Gasteiger partial charge is 0.165 e. The van der Waals surface area contributed by atoms with Gasteiger partial charge in [0.2, 0.25) is 0 Å². The van der Waals surface area contributed by atoms with E-state index in [-0.39, 0.29) is 6.04 Å². The number of rotatable bonds is 6. The number of benzene rings is 1. The Labute approximate surface area is 128 Å². The highest BCUT2D eigenvalue weighted by Crippen LogP contribution is 2.30. The molecule has 0 saturated carbocycles. The summed E-state index contributed by atoms with van der Waals surface area (Å²) >= 11 is 3.55. The zero-order chi connectivity index (χ0) is 14.5. The topological polar surface area (TPSA) is 53.1 Å². The van der Waals surface area contributed by atoms with Gasteiger partial charge in [0, 0.05) is 12.6 Å². The molecule has 0 bridgehead atoms. The Balaban J connectivity index is 2.09. The molecule has 2 aromatic rings. The predicted octanol–water partition coefficient (Wildman–Crippen LogP) is 3.74. The van der Waals surface area contributed by atoms with Crippen molar-refractivity contribution in [1.29, 1.82) is 0 Å². The molecule has 4 nitrogen and oxygen atoms in total. The van der Waals surface area contributed by atoms with Gasteiger partial charge in [0.15, 0.2) is 5.75 Å². The number of ether oxygens (including phenoxy) is 1. The molecule has 0 aliphatic heterocycles. The van der Waals surface area contributed by atoms with Gasteiger partial charge in [-0.15, -0.1) is 0 Å². The second kappa shape index (κ2) is 6.90. The summed E-state index contributed by atoms with van der Waals surface area (Å²) in [7, 11) is 0. The van der Waals surface area contributed by atoms with Gasteiger partial charge in [-0.05, 0) is 53.4 Å². The minimum Gasteiger partial charge on any atom is -0.453 e. The van der Waals surface area contributed by atoms with Gasteiger partial charge in [0.25, 0.3) is 0 Å². The van der Waals surface area contributed by atoms with E-state index in [9.17, 15) is 0 Å². The number of hydrogen-bond acceptors (Lipinski definition) is 3. The van der Waals surface area contributed by atoms with E-state index in [2.05, 4.69) is 40.1 Å². The van der Waals surface area contributed by atoms with Crippen LogP contribution in [0.5, 0.6) is 11.5 Å². The van der Waals surface area contributed by atoms with Crippen LogP contribution in [0.25, 0.3) is 0 Å². The van der Waals surface area contributed by atoms with Crippen LogP contribution < -0.4 is 10.5 Å². The molecule has 2 N–H and O–H groups in total. The van der Waals surface area contributed by atoms with Crippen molar-refractivity contribution in [2.75, 3.05) is 0 Å². The maximum Gasteiger partial charge on any atom is 0.165 e. The van der Waals surface area contributed by atoms with Crippen molar-refractivity contribution in [3.05, 3.63) is 40.6 Å². The lowest BCUT2D eigenvalue weighted by Gasteiger charge is -2.11. The van der Waals surface area contributed by atoms with Crippen molar-refractivity contribution in [3.63, 3.8) is 0 Å². The van der Waals surface area contributed by atoms with Crippen molar-refractivity contribution in [1.82, 2.24) is 9.78 Å². The van der Waals surface area contributed by atoms with E-state index in [1.54, 1.807) is 6.20 Å². The standard InChI is InChI=1S/C15H20BrN3O/c1-3-12(17)7-11-5-6-15(14(16)8-11)20-13-9-18-19(4-2)10-13/h5-6,8-10,12H,3-4,7,17H2,1-2H3. The summed E-state index contributed by atoms with van der Waals surface area (Å²) in [6, 6.07) is 6.29. The van der Waals surface area contributed by atoms with Gasteiger partial charge in [0.1, 0.15) is 5.75 Å². The normalized spacial score (nSPS) is 12.4. The lowest BCUT2D eigenvalue weighted by Crippen LogP contribution is -2.21. The number of halogens is 1. The minimum absolute atomic E-state index is 0.205. The Kier molecular flexibility index (Phi) is 5.20. The van der Waals surface area contributed by atoms with Crippen LogP contribution in [0.3, 0.4) is 0 Å². The van der Waals surface area contributed by atoms with Crippen molar-refractivity contribution >= 4 is 15.9 Å². The van der Waals surface area contributed by atoms with Crippen LogP contribution in [0.2, 0.25) is 0 Å². The Morgan fingerprint density at radius 3 is 2.80 bits per heavy atom. The summed E-state index contributed by atoms with van der Waals surface area (Å²) < 4.78 is 8.58. The predicted molar refractivity (Wildman–Crippen MR) is 84.1 cm³/mol. The Hall–Kier alpha value is -1.33. The van der Waals surface area contributed by atoms with Crippen LogP contribution in [-0.4, -0.2) is 15.8 Å². The van der Waals surface area contributed by atoms with E-state index in [0.29, 0.717) is 0 Å². The highest BCUT2D eigenvalue weighted by atomic mass is 79.9. The average molecular weight is 338 g/mol. The molecule has 1 atom stereocenters. The molecule has 0 spiro atoms. The Bertz CT molecular complexity index is 568. The van der Waals surface area contributed by atoms with Gasteiger partial charge in [-0.1, -0.05) is 13.0 Å². The van der Waals surface area contributed by atoms with Crippen LogP contribution in [0.1, 0.15) is 25.8 Å². The van der Waals surface area contributed by atoms with E-state index < -0.39 is 0 Å². The van der Waals surface area contributed by atoms with Crippen LogP contribution in [0.15, 0.2) is 35.1 Å². The fourth-order valence-electron chi connectivity index (χ4n) is 1.90. The molecule has 0 radical (unpaired) electrons. The first-order chi connectivity index (χ1) is 9.62. The molecule has 1 aromatic heterocycles. The second-order valence-corrected chi connectivity index (χ2v) is 5.63. The molecule has 5 heteroatoms. The maximum atomic E-state index is 5.98. The van der Waals surface area contributed by atoms with E-state index >= 15 is 0 Å². The van der Waals surface area contributed by atoms with Gasteiger partial charge in [0.05, 0.1) is 16.9 Å². The Morgan fingerprint density at radius 1 is 1.40 bits per heavy atom. The fraction of sp³-hybridized carbons (Fsp3) is 0.400. The summed E-state index contributed by atoms with van der Waals surface area (Å²) in [4.78, 5) is 0. The third-order valence-corrected chi connectivity index (χ3v) is 3.80. The quantitative estimate of drug-likeness (QED) is 0.873. The molecule has 108 valence electrons. The number of aryl methyl sites for hydroxylation is 1. The van der Waals surface area contributed by atoms with Crippen LogP contribution in [0, 0.1) is 0 Å². The number of nitrogens with two attached hydrogens (primary N) is 1. The summed E-state index contributed by atoms with van der Waals surface area (Å²) in [5, 5.41) is 4.19. The molecule has 2 rings (SSSR count). The van der Waals surface area contributed by atoms with Gasteiger partial charge in [-0.3, -0.25) is 4.68 Å². The molecule has 0 aliphatic carbocycles. The lowest BCUT2D eigenvalue weighted by atomic mass is 10.0. The monoisotopic (exact) mass is 337 g/mol. The molecule has 20 heavy (non-hydrogen) atoms. The second-order valence-electron chi connectivity index (χ2n) is 4.77. The number of hydrogen-bond donors (Lipinski definition) is 1. The van der Waals surface area contributed by atoms with Gasteiger partial charge in [-0.2, -0.15) is 5.10 Å². The summed E-state index contributed by atoms with van der Waals surface area (Å²) in [5.74, 6) is 1.53. The molecule has 1 unspecified atom stereocenters. The summed E-state index contributed by atoms with van der Waals surface area (Å²) in [6.07, 6.45) is 5.46. The van der Waals surface area contributed by atoms with Crippen molar-refractivity contribution in [3.8, 4) is 11.5 Å². The first kappa shape index (κ1) is 15.1. The summed E-state index contributed by atoms with van der Waals surface area (Å²) in [5.41, 5.74) is 7.19. The van der Waals surface area contributed by atoms with Crippen LogP contribution in [0.4, 0.5) is 0 Å². The third-order valence-electron chi connectivity index (χ3n) is 3.18. The van der Waals surface area contributed by atoms with Gasteiger partial charge < -0.3 is 10.5 Å². The minimum atomic E-state index is 0.205. The first-order valence-electron chi connectivity index (χ1n) is 6.86. The fourth-order valence-corrected chi connectivity index (χ4v) is 2.41. The zero-order valence-corrected chi connectivity index (χ0v) is 13.4. The van der Waals surface area contributed by atoms with Gasteiger partial charge in [-0.25, -0.2) is 0 Å². The molecule has 0 saturated heterocycles.